The van der Waals surface area contributed by atoms with Crippen molar-refractivity contribution in [3.8, 4) is 0 Å². The molecule has 0 saturated carbocycles. The second-order valence-electron chi connectivity index (χ2n) is 26.4. The van der Waals surface area contributed by atoms with Gasteiger partial charge in [0.25, 0.3) is 28.4 Å². The topological polar surface area (TPSA) is 318 Å². The predicted molar refractivity (Wildman–Crippen MR) is 358 cm³/mol. The number of esters is 6. The molecule has 4 heterocycles. The lowest BCUT2D eigenvalue weighted by Gasteiger charge is -2.52. The molecule has 4 aliphatic rings. The van der Waals surface area contributed by atoms with Gasteiger partial charge in [-0.25, -0.2) is 0 Å². The zero-order valence-electron chi connectivity index (χ0n) is 57.4. The van der Waals surface area contributed by atoms with Gasteiger partial charge in [0.1, 0.15) is 55.3 Å². The molecule has 28 heteroatoms. The summed E-state index contributed by atoms with van der Waals surface area (Å²) in [5.74, 6) is -7.55. The molecule has 9 rings (SSSR count). The molecule has 2 amide bonds. The molecule has 3 fully saturated rings. The number of imide groups is 1. The molecule has 99 heavy (non-hydrogen) atoms. The van der Waals surface area contributed by atoms with E-state index in [-0.39, 0.29) is 17.7 Å². The van der Waals surface area contributed by atoms with Crippen LogP contribution in [0.1, 0.15) is 104 Å². The second-order valence-corrected chi connectivity index (χ2v) is 35.0. The first kappa shape index (κ1) is 74.7. The number of azide groups is 1. The Hall–Kier alpha value is -8.52. The van der Waals surface area contributed by atoms with E-state index in [0.717, 1.165) is 62.3 Å². The van der Waals surface area contributed by atoms with Crippen LogP contribution >= 0.6 is 0 Å². The van der Waals surface area contributed by atoms with Gasteiger partial charge in [-0.2, -0.15) is 0 Å². The summed E-state index contributed by atoms with van der Waals surface area (Å²) in [6.07, 6.45) is -23.2. The van der Waals surface area contributed by atoms with Crippen LogP contribution in [-0.4, -0.2) is 188 Å². The number of nitrogens with zero attached hydrogens (tertiary/aromatic N) is 4. The number of carbonyl (C=O) groups excluding carboxylic acids is 8. The highest BCUT2D eigenvalue weighted by Gasteiger charge is 2.63. The zero-order valence-corrected chi connectivity index (χ0v) is 59.4. The molecule has 26 nitrogen and oxygen atoms in total. The molecule has 0 radical (unpaired) electrons. The molecule has 0 N–H and O–H groups in total. The van der Waals surface area contributed by atoms with Gasteiger partial charge >= 0.3 is 35.8 Å². The van der Waals surface area contributed by atoms with Crippen LogP contribution in [0.5, 0.6) is 0 Å². The Labute approximate surface area is 575 Å². The van der Waals surface area contributed by atoms with Crippen molar-refractivity contribution in [2.75, 3.05) is 26.9 Å². The van der Waals surface area contributed by atoms with E-state index in [4.69, 9.17) is 65.7 Å². The Morgan fingerprint density at radius 3 is 1.18 bits per heavy atom. The Morgan fingerprint density at radius 1 is 0.444 bits per heavy atom. The third-order valence-electron chi connectivity index (χ3n) is 17.7. The molecule has 15 atom stereocenters. The van der Waals surface area contributed by atoms with E-state index >= 15 is 9.59 Å². The third kappa shape index (κ3) is 16.1. The molecule has 0 spiro atoms. The standard InChI is InChI=1S/C71H84N4O22Si2/c1-41(76)85-38-53-59(88-42(2)77)62(91-45(5)80)57(75-65(82)51-36-26-27-37-52(51)66(75)83)68(94-53)97-63-60(89-43(3)78)55(40-87-99(71(10,11)12,49-32-22-16-23-33-49)50-34-24-17-25-35-50)95-69(64(63)92-46(6)81)96-58-54(93-67(84-13)56(73-74-72)61(58)90-44(4)79)39-86-98(70(7,8)9,47-28-18-14-19-29-47)48-30-20-15-21-31-48/h14-37,53-64,67-69H,38-40H2,1-13H3/t53-,54-,55-,56-,57-,58-,59-,60+,61-,62-,63+,64-,67-,68+,69+/m1/s1. The maximum absolute atomic E-state index is 15.0. The number of hydrogen-bond acceptors (Lipinski definition) is 23. The van der Waals surface area contributed by atoms with Gasteiger partial charge in [-0.1, -0.05) is 180 Å². The van der Waals surface area contributed by atoms with E-state index in [1.165, 1.54) is 31.4 Å². The van der Waals surface area contributed by atoms with Gasteiger partial charge in [-0.15, -0.1) is 0 Å². The van der Waals surface area contributed by atoms with Gasteiger partial charge in [0.2, 0.25) is 0 Å². The van der Waals surface area contributed by atoms with E-state index in [0.29, 0.717) is 4.90 Å². The summed E-state index contributed by atoms with van der Waals surface area (Å²) >= 11 is 0. The summed E-state index contributed by atoms with van der Waals surface area (Å²) in [6.45, 7) is 17.0. The lowest BCUT2D eigenvalue weighted by Crippen LogP contribution is -2.71. The average Bonchev–Trinajstić information content (AvgIpc) is 1.72. The van der Waals surface area contributed by atoms with E-state index < -0.39 is 180 Å². The van der Waals surface area contributed by atoms with Crippen LogP contribution in [0, 0.1) is 0 Å². The second kappa shape index (κ2) is 31.8. The molecular formula is C71H84N4O22Si2. The van der Waals surface area contributed by atoms with Gasteiger partial charge in [0, 0.05) is 53.6 Å². The molecule has 528 valence electrons. The summed E-state index contributed by atoms with van der Waals surface area (Å²) in [5.41, 5.74) is 10.1. The van der Waals surface area contributed by atoms with E-state index in [1.807, 2.05) is 142 Å². The Kier molecular flexibility index (Phi) is 24.0. The molecule has 5 aromatic carbocycles. The summed E-state index contributed by atoms with van der Waals surface area (Å²) in [6, 6.07) is 40.6. The first-order valence-corrected chi connectivity index (χ1v) is 36.2. The van der Waals surface area contributed by atoms with Crippen molar-refractivity contribution >= 4 is 85.0 Å². The van der Waals surface area contributed by atoms with Crippen LogP contribution in [0.4, 0.5) is 0 Å². The van der Waals surface area contributed by atoms with E-state index in [9.17, 15) is 34.3 Å². The highest BCUT2D eigenvalue weighted by molar-refractivity contribution is 7.00. The number of hydrogen-bond donors (Lipinski definition) is 0. The molecular weight excluding hydrogens is 1320 g/mol. The minimum absolute atomic E-state index is 0.0928. The smallest absolute Gasteiger partial charge is 0.303 e. The minimum atomic E-state index is -3.67. The summed E-state index contributed by atoms with van der Waals surface area (Å²) in [7, 11) is -5.91. The molecule has 0 bridgehead atoms. The lowest BCUT2D eigenvalue weighted by atomic mass is 9.93. The zero-order chi connectivity index (χ0) is 71.7. The van der Waals surface area contributed by atoms with Gasteiger partial charge in [0.15, 0.2) is 43.3 Å². The SMILES string of the molecule is CO[C@@H]1O[C@H](CO[Si](c2ccccc2)(c2ccccc2)C(C)(C)C)[C@@H](O[C@@H]2O[C@H](CO[Si](c3ccccc3)(c3ccccc3)C(C)(C)C)[C@H](OC(C)=O)[C@H](O[C@@H]3O[C@H](COC(C)=O)[C@@H](OC(C)=O)[C@H](OC(C)=O)[C@H]3N3C(=O)c4ccccc4C3=O)[C@H]2OC(C)=O)[C@H](OC(C)=O)[C@H]1N=[N+]=[N-]. The Balaban J connectivity index is 1.29. The molecule has 0 aromatic heterocycles. The largest absolute Gasteiger partial charge is 0.463 e. The number of rotatable bonds is 24. The fraction of sp³-hybridized carbons (Fsp3) is 0.465. The summed E-state index contributed by atoms with van der Waals surface area (Å²) in [5, 5.41) is 6.04. The maximum Gasteiger partial charge on any atom is 0.303 e. The lowest BCUT2D eigenvalue weighted by molar-refractivity contribution is -0.370. The molecule has 5 aromatic rings. The number of amides is 2. The highest BCUT2D eigenvalue weighted by atomic mass is 28.4. The normalized spacial score (nSPS) is 26.4. The van der Waals surface area contributed by atoms with Crippen molar-refractivity contribution in [2.24, 2.45) is 5.11 Å². The Bertz CT molecular complexity index is 3630. The van der Waals surface area contributed by atoms with Gasteiger partial charge in [-0.3, -0.25) is 43.3 Å². The van der Waals surface area contributed by atoms with Crippen molar-refractivity contribution in [1.29, 1.82) is 0 Å². The number of carbonyl (C=O) groups is 8. The van der Waals surface area contributed by atoms with Crippen LogP contribution in [0.2, 0.25) is 10.1 Å². The van der Waals surface area contributed by atoms with Gasteiger partial charge < -0.3 is 65.7 Å². The fourth-order valence-corrected chi connectivity index (χ4v) is 23.0. The van der Waals surface area contributed by atoms with Crippen LogP contribution in [0.25, 0.3) is 10.4 Å². The Morgan fingerprint density at radius 2 is 0.788 bits per heavy atom. The molecule has 3 saturated heterocycles. The van der Waals surface area contributed by atoms with Crippen molar-refractivity contribution in [2.45, 2.75) is 185 Å². The third-order valence-corrected chi connectivity index (χ3v) is 27.7. The van der Waals surface area contributed by atoms with Crippen LogP contribution in [0.15, 0.2) is 151 Å². The van der Waals surface area contributed by atoms with Gasteiger partial charge in [0.05, 0.1) is 24.3 Å². The van der Waals surface area contributed by atoms with Crippen molar-refractivity contribution in [3.63, 3.8) is 0 Å². The molecule has 4 aliphatic heterocycles. The average molecular weight is 1400 g/mol. The van der Waals surface area contributed by atoms with Gasteiger partial charge in [-0.05, 0) is 48.5 Å². The summed E-state index contributed by atoms with van der Waals surface area (Å²) < 4.78 is 92.3. The van der Waals surface area contributed by atoms with Crippen molar-refractivity contribution < 1.29 is 104 Å². The first-order chi connectivity index (χ1) is 47.1. The number of ether oxygens (including phenoxy) is 12. The van der Waals surface area contributed by atoms with Crippen molar-refractivity contribution in [1.82, 2.24) is 4.90 Å². The van der Waals surface area contributed by atoms with Crippen LogP contribution in [-0.2, 0) is 94.5 Å². The summed E-state index contributed by atoms with van der Waals surface area (Å²) in [4.78, 5) is 115. The minimum Gasteiger partial charge on any atom is -0.463 e. The molecule has 0 aliphatic carbocycles. The van der Waals surface area contributed by atoms with Crippen LogP contribution < -0.4 is 20.7 Å². The van der Waals surface area contributed by atoms with Crippen LogP contribution in [0.3, 0.4) is 0 Å². The quantitative estimate of drug-likeness (QED) is 0.0124. The van der Waals surface area contributed by atoms with E-state index in [2.05, 4.69) is 30.8 Å². The highest BCUT2D eigenvalue weighted by Crippen LogP contribution is 2.44. The maximum atomic E-state index is 15.0. The number of methoxy groups -OCH3 is 1. The fourth-order valence-electron chi connectivity index (χ4n) is 13.8. The molecule has 0 unspecified atom stereocenters. The predicted octanol–water partition coefficient (Wildman–Crippen LogP) is 6.30. The van der Waals surface area contributed by atoms with E-state index in [1.54, 1.807) is 0 Å². The monoisotopic (exact) mass is 1400 g/mol. The number of fused-ring (bicyclic) bond motifs is 1. The number of benzene rings is 5. The first-order valence-electron chi connectivity index (χ1n) is 32.4. The van der Waals surface area contributed by atoms with Crippen molar-refractivity contribution in [3.05, 3.63) is 167 Å².